The maximum absolute atomic E-state index is 12.4. The number of nitro benzene ring substituents is 1. The first-order chi connectivity index (χ1) is 11.4. The van der Waals surface area contributed by atoms with Crippen molar-refractivity contribution in [1.29, 1.82) is 0 Å². The summed E-state index contributed by atoms with van der Waals surface area (Å²) in [5.41, 5.74) is 1.35. The summed E-state index contributed by atoms with van der Waals surface area (Å²) >= 11 is 7.93. The average molecular weight is 457 g/mol. The highest BCUT2D eigenvalue weighted by Gasteiger charge is 2.44. The van der Waals surface area contributed by atoms with Gasteiger partial charge in [-0.25, -0.2) is 0 Å². The number of non-ortho nitro benzene ring substituents is 1. The van der Waals surface area contributed by atoms with E-state index in [-0.39, 0.29) is 17.0 Å². The van der Waals surface area contributed by atoms with E-state index in [9.17, 15) is 14.9 Å². The van der Waals surface area contributed by atoms with Crippen LogP contribution in [0.5, 0.6) is 0 Å². The van der Waals surface area contributed by atoms with E-state index in [0.717, 1.165) is 18.4 Å². The molecule has 7 heteroatoms. The molecular weight excluding hydrogens is 443 g/mol. The van der Waals surface area contributed by atoms with E-state index in [4.69, 9.17) is 11.6 Å². The Kier molecular flexibility index (Phi) is 4.78. The van der Waals surface area contributed by atoms with Crippen LogP contribution in [0.25, 0.3) is 0 Å². The maximum Gasteiger partial charge on any atom is 0.270 e. The minimum absolute atomic E-state index is 0.0492. The van der Waals surface area contributed by atoms with Crippen LogP contribution in [0.15, 0.2) is 42.5 Å². The van der Waals surface area contributed by atoms with Crippen LogP contribution in [0.1, 0.15) is 28.8 Å². The van der Waals surface area contributed by atoms with Gasteiger partial charge in [0.2, 0.25) is 0 Å². The van der Waals surface area contributed by atoms with Gasteiger partial charge in [-0.2, -0.15) is 0 Å². The SMILES string of the molecule is O=C(NCC1(c2ccc(Cl)cc2)CC1)c1cc([N+](=O)[O-])ccc1I. The zero-order valence-electron chi connectivity index (χ0n) is 12.6. The lowest BCUT2D eigenvalue weighted by Crippen LogP contribution is -2.32. The summed E-state index contributed by atoms with van der Waals surface area (Å²) in [6, 6.07) is 12.0. The summed E-state index contributed by atoms with van der Waals surface area (Å²) in [4.78, 5) is 22.8. The van der Waals surface area contributed by atoms with Gasteiger partial charge in [-0.1, -0.05) is 23.7 Å². The second kappa shape index (κ2) is 6.68. The van der Waals surface area contributed by atoms with E-state index < -0.39 is 4.92 Å². The van der Waals surface area contributed by atoms with E-state index in [1.807, 2.05) is 46.9 Å². The van der Waals surface area contributed by atoms with Gasteiger partial charge in [-0.3, -0.25) is 14.9 Å². The van der Waals surface area contributed by atoms with Crippen molar-refractivity contribution in [2.75, 3.05) is 6.54 Å². The van der Waals surface area contributed by atoms with Crippen LogP contribution in [0.2, 0.25) is 5.02 Å². The van der Waals surface area contributed by atoms with Gasteiger partial charge in [-0.15, -0.1) is 0 Å². The molecule has 1 aliphatic rings. The van der Waals surface area contributed by atoms with E-state index in [2.05, 4.69) is 5.32 Å². The first kappa shape index (κ1) is 17.2. The Morgan fingerprint density at radius 2 is 1.92 bits per heavy atom. The topological polar surface area (TPSA) is 72.2 Å². The molecule has 0 atom stereocenters. The van der Waals surface area contributed by atoms with Crippen molar-refractivity contribution < 1.29 is 9.72 Å². The highest BCUT2D eigenvalue weighted by atomic mass is 127. The minimum Gasteiger partial charge on any atom is -0.351 e. The van der Waals surface area contributed by atoms with Crippen molar-refractivity contribution in [3.63, 3.8) is 0 Å². The minimum atomic E-state index is -0.497. The van der Waals surface area contributed by atoms with Crippen LogP contribution in [-0.4, -0.2) is 17.4 Å². The molecule has 2 aromatic carbocycles. The second-order valence-corrected chi connectivity index (χ2v) is 7.49. The fourth-order valence-electron chi connectivity index (χ4n) is 2.67. The van der Waals surface area contributed by atoms with Crippen molar-refractivity contribution in [1.82, 2.24) is 5.32 Å². The summed E-state index contributed by atoms with van der Waals surface area (Å²) in [5, 5.41) is 14.5. The molecule has 0 heterocycles. The van der Waals surface area contributed by atoms with Gasteiger partial charge in [-0.05, 0) is 59.2 Å². The lowest BCUT2D eigenvalue weighted by Gasteiger charge is -2.17. The number of carbonyl (C=O) groups is 1. The van der Waals surface area contributed by atoms with Gasteiger partial charge >= 0.3 is 0 Å². The van der Waals surface area contributed by atoms with Crippen molar-refractivity contribution in [3.8, 4) is 0 Å². The van der Waals surface area contributed by atoms with Crippen LogP contribution >= 0.6 is 34.2 Å². The third-order valence-electron chi connectivity index (χ3n) is 4.30. The molecule has 0 aliphatic heterocycles. The smallest absolute Gasteiger partial charge is 0.270 e. The normalized spacial score (nSPS) is 14.9. The number of rotatable bonds is 5. The van der Waals surface area contributed by atoms with Crippen LogP contribution in [-0.2, 0) is 5.41 Å². The van der Waals surface area contributed by atoms with Crippen molar-refractivity contribution in [2.45, 2.75) is 18.3 Å². The monoisotopic (exact) mass is 456 g/mol. The number of nitro groups is 1. The Morgan fingerprint density at radius 3 is 2.50 bits per heavy atom. The molecular formula is C17H14ClIN2O3. The van der Waals surface area contributed by atoms with Gasteiger partial charge < -0.3 is 5.32 Å². The first-order valence-electron chi connectivity index (χ1n) is 7.39. The molecule has 1 fully saturated rings. The predicted molar refractivity (Wildman–Crippen MR) is 101 cm³/mol. The third-order valence-corrected chi connectivity index (χ3v) is 5.50. The summed E-state index contributed by atoms with van der Waals surface area (Å²) in [6.45, 7) is 0.506. The second-order valence-electron chi connectivity index (χ2n) is 5.89. The zero-order valence-corrected chi connectivity index (χ0v) is 15.5. The molecule has 2 aromatic rings. The van der Waals surface area contributed by atoms with E-state index >= 15 is 0 Å². The summed E-state index contributed by atoms with van der Waals surface area (Å²) in [7, 11) is 0. The van der Waals surface area contributed by atoms with Crippen molar-refractivity contribution >= 4 is 45.8 Å². The Balaban J connectivity index is 1.73. The zero-order chi connectivity index (χ0) is 17.3. The Morgan fingerprint density at radius 1 is 1.25 bits per heavy atom. The maximum atomic E-state index is 12.4. The number of amides is 1. The lowest BCUT2D eigenvalue weighted by atomic mass is 9.96. The third kappa shape index (κ3) is 3.54. The van der Waals surface area contributed by atoms with Crippen LogP contribution in [0.4, 0.5) is 5.69 Å². The number of nitrogens with zero attached hydrogens (tertiary/aromatic N) is 1. The van der Waals surface area contributed by atoms with Crippen LogP contribution in [0.3, 0.4) is 0 Å². The number of carbonyl (C=O) groups excluding carboxylic acids is 1. The van der Waals surface area contributed by atoms with Gasteiger partial charge in [0.25, 0.3) is 11.6 Å². The predicted octanol–water partition coefficient (Wildman–Crippen LogP) is 4.31. The molecule has 5 nitrogen and oxygen atoms in total. The molecule has 0 aromatic heterocycles. The van der Waals surface area contributed by atoms with Gasteiger partial charge in [0, 0.05) is 32.7 Å². The number of benzene rings is 2. The number of halogens is 2. The number of hydrogen-bond acceptors (Lipinski definition) is 3. The average Bonchev–Trinajstić information content (AvgIpc) is 3.34. The molecule has 0 spiro atoms. The molecule has 0 bridgehead atoms. The van der Waals surface area contributed by atoms with Gasteiger partial charge in [0.05, 0.1) is 10.5 Å². The summed E-state index contributed by atoms with van der Waals surface area (Å²) in [6.07, 6.45) is 2.00. The molecule has 24 heavy (non-hydrogen) atoms. The molecule has 124 valence electrons. The van der Waals surface area contributed by atoms with Crippen molar-refractivity contribution in [3.05, 3.63) is 72.3 Å². The van der Waals surface area contributed by atoms with Crippen LogP contribution < -0.4 is 5.32 Å². The fraction of sp³-hybridized carbons (Fsp3) is 0.235. The van der Waals surface area contributed by atoms with E-state index in [0.29, 0.717) is 20.7 Å². The van der Waals surface area contributed by atoms with Crippen LogP contribution in [0, 0.1) is 13.7 Å². The fourth-order valence-corrected chi connectivity index (χ4v) is 3.37. The molecule has 1 N–H and O–H groups in total. The largest absolute Gasteiger partial charge is 0.351 e. The molecule has 0 radical (unpaired) electrons. The molecule has 0 saturated heterocycles. The lowest BCUT2D eigenvalue weighted by molar-refractivity contribution is -0.384. The number of hydrogen-bond donors (Lipinski definition) is 1. The molecule has 1 aliphatic carbocycles. The highest BCUT2D eigenvalue weighted by Crippen LogP contribution is 2.47. The Bertz CT molecular complexity index is 804. The highest BCUT2D eigenvalue weighted by molar-refractivity contribution is 14.1. The summed E-state index contributed by atoms with van der Waals surface area (Å²) < 4.78 is 0.687. The quantitative estimate of drug-likeness (QED) is 0.414. The molecule has 1 amide bonds. The van der Waals surface area contributed by atoms with Gasteiger partial charge in [0.15, 0.2) is 0 Å². The van der Waals surface area contributed by atoms with Gasteiger partial charge in [0.1, 0.15) is 0 Å². The standard InChI is InChI=1S/C17H14ClIN2O3/c18-12-3-1-11(2-4-12)17(7-8-17)10-20-16(22)14-9-13(21(23)24)5-6-15(14)19/h1-6,9H,7-8,10H2,(H,20,22). The Labute approximate surface area is 157 Å². The molecule has 1 saturated carbocycles. The molecule has 0 unspecified atom stereocenters. The molecule has 3 rings (SSSR count). The number of nitrogens with one attached hydrogen (secondary N) is 1. The Hall–Kier alpha value is -1.67. The summed E-state index contributed by atoms with van der Waals surface area (Å²) in [5.74, 6) is -0.289. The van der Waals surface area contributed by atoms with E-state index in [1.165, 1.54) is 12.1 Å². The first-order valence-corrected chi connectivity index (χ1v) is 8.85. The van der Waals surface area contributed by atoms with E-state index in [1.54, 1.807) is 6.07 Å². The van der Waals surface area contributed by atoms with Crippen molar-refractivity contribution in [2.24, 2.45) is 0 Å².